The Balaban J connectivity index is 0.000000429. The molecular formula is C24H21FeO6. The number of hydrogen-bond acceptors (Lipinski definition) is 6. The van der Waals surface area contributed by atoms with Gasteiger partial charge in [0.1, 0.15) is 0 Å². The molecule has 31 heavy (non-hydrogen) atoms. The summed E-state index contributed by atoms with van der Waals surface area (Å²) in [5.41, 5.74) is 3.01. The van der Waals surface area contributed by atoms with Crippen LogP contribution in [0.3, 0.4) is 0 Å². The first-order valence-electron chi connectivity index (χ1n) is 8.96. The number of carboxylic acids is 3. The van der Waals surface area contributed by atoms with Crippen molar-refractivity contribution in [3.05, 3.63) is 106 Å². The number of rotatable bonds is 3. The van der Waals surface area contributed by atoms with Gasteiger partial charge in [-0.3, -0.25) is 0 Å². The minimum Gasteiger partial charge on any atom is -0.545 e. The van der Waals surface area contributed by atoms with Crippen LogP contribution in [0.25, 0.3) is 0 Å². The fraction of sp³-hybridized carbons (Fsp3) is 0.125. The standard InChI is InChI=1S/3C8H8O2.Fe/c3*1-6-4-2-3-5-7(6)8(9)10;/h3*2-5H,1H3,(H,9,10);/q;;;+3/p-3. The number of aromatic carboxylic acids is 3. The van der Waals surface area contributed by atoms with E-state index in [0.29, 0.717) is 0 Å². The summed E-state index contributed by atoms with van der Waals surface area (Å²) >= 11 is 0. The normalized spacial score (nSPS) is 9.00. The zero-order valence-electron chi connectivity index (χ0n) is 17.2. The van der Waals surface area contributed by atoms with E-state index in [4.69, 9.17) is 0 Å². The van der Waals surface area contributed by atoms with Gasteiger partial charge in [0.15, 0.2) is 0 Å². The Bertz CT molecular complexity index is 898. The predicted molar refractivity (Wildman–Crippen MR) is 107 cm³/mol. The van der Waals surface area contributed by atoms with Gasteiger partial charge in [-0.25, -0.2) is 0 Å². The number of benzene rings is 3. The quantitative estimate of drug-likeness (QED) is 0.539. The number of aryl methyl sites for hydroxylation is 3. The third kappa shape index (κ3) is 9.29. The van der Waals surface area contributed by atoms with Crippen molar-refractivity contribution in [1.82, 2.24) is 0 Å². The molecule has 0 saturated carbocycles. The van der Waals surface area contributed by atoms with Crippen LogP contribution in [0.2, 0.25) is 0 Å². The maximum absolute atomic E-state index is 10.3. The van der Waals surface area contributed by atoms with E-state index in [9.17, 15) is 29.7 Å². The number of hydrogen-bond donors (Lipinski definition) is 0. The van der Waals surface area contributed by atoms with Crippen LogP contribution in [0.5, 0.6) is 0 Å². The Morgan fingerprint density at radius 2 is 0.677 bits per heavy atom. The van der Waals surface area contributed by atoms with Crippen LogP contribution < -0.4 is 15.3 Å². The first-order chi connectivity index (χ1) is 14.1. The van der Waals surface area contributed by atoms with E-state index in [1.54, 1.807) is 75.4 Å². The van der Waals surface area contributed by atoms with Gasteiger partial charge in [-0.2, -0.15) is 0 Å². The molecule has 0 saturated heterocycles. The van der Waals surface area contributed by atoms with E-state index in [0.717, 1.165) is 16.7 Å². The molecular weight excluding hydrogens is 440 g/mol. The molecule has 0 atom stereocenters. The van der Waals surface area contributed by atoms with Crippen molar-refractivity contribution in [3.63, 3.8) is 0 Å². The number of carbonyl (C=O) groups excluding carboxylic acids is 3. The minimum absolute atomic E-state index is 0. The van der Waals surface area contributed by atoms with Crippen molar-refractivity contribution in [1.29, 1.82) is 0 Å². The summed E-state index contributed by atoms with van der Waals surface area (Å²) < 4.78 is 0. The summed E-state index contributed by atoms with van der Waals surface area (Å²) in [7, 11) is 0. The van der Waals surface area contributed by atoms with Gasteiger partial charge in [-0.05, 0) is 37.5 Å². The van der Waals surface area contributed by atoms with E-state index in [1.807, 2.05) is 0 Å². The van der Waals surface area contributed by atoms with E-state index in [1.165, 1.54) is 18.2 Å². The summed E-state index contributed by atoms with van der Waals surface area (Å²) in [6, 6.07) is 20.2. The second kappa shape index (κ2) is 13.7. The monoisotopic (exact) mass is 461 g/mol. The average Bonchev–Trinajstić information content (AvgIpc) is 2.69. The zero-order valence-corrected chi connectivity index (χ0v) is 18.3. The van der Waals surface area contributed by atoms with Crippen molar-refractivity contribution in [3.8, 4) is 0 Å². The number of carboxylic acid groups (broad SMARTS) is 3. The van der Waals surface area contributed by atoms with Crippen LogP contribution in [0.15, 0.2) is 72.8 Å². The van der Waals surface area contributed by atoms with Crippen LogP contribution in [0.4, 0.5) is 0 Å². The molecule has 0 bridgehead atoms. The maximum Gasteiger partial charge on any atom is 3.00 e. The summed E-state index contributed by atoms with van der Waals surface area (Å²) in [5, 5.41) is 30.9. The number of carbonyl (C=O) groups is 3. The van der Waals surface area contributed by atoms with Gasteiger partial charge in [0.25, 0.3) is 0 Å². The van der Waals surface area contributed by atoms with Gasteiger partial charge in [-0.1, -0.05) is 72.8 Å². The van der Waals surface area contributed by atoms with Crippen molar-refractivity contribution >= 4 is 17.9 Å². The first-order valence-corrected chi connectivity index (χ1v) is 8.96. The topological polar surface area (TPSA) is 120 Å². The first kappa shape index (κ1) is 27.6. The molecule has 0 aliphatic rings. The van der Waals surface area contributed by atoms with Crippen LogP contribution in [0.1, 0.15) is 47.8 Å². The van der Waals surface area contributed by atoms with Crippen LogP contribution in [0, 0.1) is 20.8 Å². The fourth-order valence-corrected chi connectivity index (χ4v) is 2.41. The third-order valence-electron chi connectivity index (χ3n) is 4.09. The summed E-state index contributed by atoms with van der Waals surface area (Å²) in [6.45, 7) is 5.22. The van der Waals surface area contributed by atoms with Gasteiger partial charge in [0, 0.05) is 16.7 Å². The Hall–Kier alpha value is -3.41. The molecule has 0 amide bonds. The molecule has 0 fully saturated rings. The Labute approximate surface area is 191 Å². The third-order valence-corrected chi connectivity index (χ3v) is 4.09. The van der Waals surface area contributed by atoms with Crippen molar-refractivity contribution in [2.75, 3.05) is 0 Å². The SMILES string of the molecule is Cc1ccccc1C(=O)[O-].Cc1ccccc1C(=O)[O-].Cc1ccccc1C(=O)[O-].[Fe+3]. The Morgan fingerprint density at radius 3 is 0.806 bits per heavy atom. The largest absolute Gasteiger partial charge is 3.00 e. The van der Waals surface area contributed by atoms with Crippen LogP contribution in [-0.2, 0) is 17.1 Å². The molecule has 3 aromatic carbocycles. The molecule has 3 rings (SSSR count). The molecule has 0 aliphatic heterocycles. The van der Waals surface area contributed by atoms with Crippen molar-refractivity contribution in [2.24, 2.45) is 0 Å². The smallest absolute Gasteiger partial charge is 0.545 e. The van der Waals surface area contributed by atoms with Crippen molar-refractivity contribution < 1.29 is 46.8 Å². The predicted octanol–water partition coefficient (Wildman–Crippen LogP) is 1.07. The molecule has 0 aliphatic carbocycles. The van der Waals surface area contributed by atoms with Crippen LogP contribution in [-0.4, -0.2) is 17.9 Å². The van der Waals surface area contributed by atoms with Crippen molar-refractivity contribution in [2.45, 2.75) is 20.8 Å². The summed E-state index contributed by atoms with van der Waals surface area (Å²) in [4.78, 5) is 30.9. The zero-order chi connectivity index (χ0) is 22.7. The average molecular weight is 461 g/mol. The second-order valence-corrected chi connectivity index (χ2v) is 6.31. The van der Waals surface area contributed by atoms with Gasteiger partial charge in [-0.15, -0.1) is 0 Å². The minimum atomic E-state index is -1.11. The van der Waals surface area contributed by atoms with E-state index in [2.05, 4.69) is 0 Å². The maximum atomic E-state index is 10.3. The second-order valence-electron chi connectivity index (χ2n) is 6.31. The summed E-state index contributed by atoms with van der Waals surface area (Å²) in [5.74, 6) is -3.34. The molecule has 0 aromatic heterocycles. The molecule has 0 heterocycles. The Morgan fingerprint density at radius 1 is 0.484 bits per heavy atom. The molecule has 3 aromatic rings. The van der Waals surface area contributed by atoms with E-state index >= 15 is 0 Å². The summed E-state index contributed by atoms with van der Waals surface area (Å²) in [6.07, 6.45) is 0. The van der Waals surface area contributed by atoms with Gasteiger partial charge >= 0.3 is 17.1 Å². The van der Waals surface area contributed by atoms with E-state index in [-0.39, 0.29) is 33.8 Å². The van der Waals surface area contributed by atoms with Gasteiger partial charge in [0.2, 0.25) is 0 Å². The molecule has 7 heteroatoms. The molecule has 1 radical (unpaired) electrons. The van der Waals surface area contributed by atoms with Crippen LogP contribution >= 0.6 is 0 Å². The van der Waals surface area contributed by atoms with Gasteiger partial charge in [0.05, 0.1) is 17.9 Å². The fourth-order valence-electron chi connectivity index (χ4n) is 2.41. The van der Waals surface area contributed by atoms with E-state index < -0.39 is 17.9 Å². The Kier molecular flexibility index (Phi) is 12.2. The molecule has 0 N–H and O–H groups in total. The molecule has 6 nitrogen and oxygen atoms in total. The molecule has 161 valence electrons. The molecule has 0 spiro atoms. The molecule has 0 unspecified atom stereocenters. The van der Waals surface area contributed by atoms with Gasteiger partial charge < -0.3 is 29.7 Å².